The first-order valence-corrected chi connectivity index (χ1v) is 9.22. The van der Waals surface area contributed by atoms with Gasteiger partial charge in [-0.25, -0.2) is 0 Å². The largest absolute Gasteiger partial charge is 0.366 e. The Kier molecular flexibility index (Phi) is 6.86. The predicted octanol–water partition coefficient (Wildman–Crippen LogP) is 6.04. The lowest BCUT2D eigenvalue weighted by Crippen LogP contribution is -2.29. The molecule has 0 radical (unpaired) electrons. The summed E-state index contributed by atoms with van der Waals surface area (Å²) in [6.07, 6.45) is 1.25. The number of benzene rings is 2. The highest BCUT2D eigenvalue weighted by Crippen LogP contribution is 2.34. The van der Waals surface area contributed by atoms with Crippen LogP contribution >= 0.6 is 0 Å². The number of rotatable bonds is 8. The fourth-order valence-electron chi connectivity index (χ4n) is 3.05. The Morgan fingerprint density at radius 2 is 1.38 bits per heavy atom. The van der Waals surface area contributed by atoms with Crippen LogP contribution in [0, 0.1) is 0 Å². The number of anilines is 1. The summed E-state index contributed by atoms with van der Waals surface area (Å²) in [5, 5.41) is 7.47. The molecule has 2 aromatic carbocycles. The second kappa shape index (κ2) is 8.89. The van der Waals surface area contributed by atoms with Gasteiger partial charge in [0.15, 0.2) is 0 Å². The molecule has 0 aliphatic rings. The topological polar surface area (TPSA) is 24.1 Å². The van der Waals surface area contributed by atoms with Crippen LogP contribution in [-0.2, 0) is 0 Å². The van der Waals surface area contributed by atoms with Crippen LogP contribution in [0.3, 0.4) is 0 Å². The SMILES string of the molecule is CCCNC(Nc1c(C(C)C)cccc1C(C)C)c1ccccc1. The van der Waals surface area contributed by atoms with Crippen molar-refractivity contribution in [1.82, 2.24) is 5.32 Å². The number of para-hydroxylation sites is 1. The van der Waals surface area contributed by atoms with Crippen molar-refractivity contribution >= 4 is 5.69 Å². The molecule has 0 aromatic heterocycles. The highest BCUT2D eigenvalue weighted by atomic mass is 15.1. The first-order chi connectivity index (χ1) is 11.5. The number of nitrogens with one attached hydrogen (secondary N) is 2. The van der Waals surface area contributed by atoms with Crippen molar-refractivity contribution in [2.24, 2.45) is 0 Å². The molecule has 0 spiro atoms. The second-order valence-corrected chi connectivity index (χ2v) is 7.06. The van der Waals surface area contributed by atoms with Gasteiger partial charge in [-0.3, -0.25) is 5.32 Å². The maximum atomic E-state index is 3.82. The molecule has 2 N–H and O–H groups in total. The molecule has 130 valence electrons. The first-order valence-electron chi connectivity index (χ1n) is 9.22. The highest BCUT2D eigenvalue weighted by molar-refractivity contribution is 5.61. The maximum absolute atomic E-state index is 3.82. The highest BCUT2D eigenvalue weighted by Gasteiger charge is 2.18. The molecular formula is C22H32N2. The average Bonchev–Trinajstić information content (AvgIpc) is 2.58. The van der Waals surface area contributed by atoms with Gasteiger partial charge in [-0.2, -0.15) is 0 Å². The van der Waals surface area contributed by atoms with E-state index in [-0.39, 0.29) is 6.17 Å². The van der Waals surface area contributed by atoms with E-state index in [1.807, 2.05) is 0 Å². The number of hydrogen-bond acceptors (Lipinski definition) is 2. The van der Waals surface area contributed by atoms with Gasteiger partial charge in [0.1, 0.15) is 6.17 Å². The van der Waals surface area contributed by atoms with Crippen molar-refractivity contribution in [2.45, 2.75) is 59.0 Å². The Morgan fingerprint density at radius 1 is 0.792 bits per heavy atom. The third-order valence-corrected chi connectivity index (χ3v) is 4.39. The molecule has 2 aromatic rings. The minimum Gasteiger partial charge on any atom is -0.366 e. The molecule has 0 bridgehead atoms. The molecule has 1 unspecified atom stereocenters. The molecule has 1 atom stereocenters. The molecule has 0 amide bonds. The molecule has 0 fully saturated rings. The van der Waals surface area contributed by atoms with E-state index in [1.165, 1.54) is 22.4 Å². The fourth-order valence-corrected chi connectivity index (χ4v) is 3.05. The summed E-state index contributed by atoms with van der Waals surface area (Å²) in [6.45, 7) is 12.3. The van der Waals surface area contributed by atoms with Gasteiger partial charge in [-0.05, 0) is 41.5 Å². The zero-order chi connectivity index (χ0) is 17.5. The van der Waals surface area contributed by atoms with Gasteiger partial charge in [0.05, 0.1) is 0 Å². The summed E-state index contributed by atoms with van der Waals surface area (Å²) in [5.74, 6) is 0.989. The number of hydrogen-bond donors (Lipinski definition) is 2. The Balaban J connectivity index is 2.41. The van der Waals surface area contributed by atoms with Gasteiger partial charge in [-0.15, -0.1) is 0 Å². The zero-order valence-corrected chi connectivity index (χ0v) is 15.8. The minimum absolute atomic E-state index is 0.128. The summed E-state index contributed by atoms with van der Waals surface area (Å²) in [4.78, 5) is 0. The van der Waals surface area contributed by atoms with Crippen LogP contribution in [0.5, 0.6) is 0 Å². The Labute approximate surface area is 147 Å². The van der Waals surface area contributed by atoms with Gasteiger partial charge in [0, 0.05) is 5.69 Å². The molecule has 0 aliphatic heterocycles. The Bertz CT molecular complexity index is 591. The quantitative estimate of drug-likeness (QED) is 0.578. The van der Waals surface area contributed by atoms with Crippen LogP contribution in [0.2, 0.25) is 0 Å². The van der Waals surface area contributed by atoms with Crippen LogP contribution in [0.1, 0.15) is 75.7 Å². The van der Waals surface area contributed by atoms with Crippen molar-refractivity contribution in [1.29, 1.82) is 0 Å². The van der Waals surface area contributed by atoms with Crippen LogP contribution in [0.15, 0.2) is 48.5 Å². The van der Waals surface area contributed by atoms with Gasteiger partial charge >= 0.3 is 0 Å². The van der Waals surface area contributed by atoms with E-state index in [4.69, 9.17) is 0 Å². The van der Waals surface area contributed by atoms with Gasteiger partial charge in [-0.1, -0.05) is 83.1 Å². The van der Waals surface area contributed by atoms with Gasteiger partial charge in [0.25, 0.3) is 0 Å². The Hall–Kier alpha value is -1.80. The lowest BCUT2D eigenvalue weighted by molar-refractivity contribution is 0.579. The van der Waals surface area contributed by atoms with Crippen LogP contribution in [-0.4, -0.2) is 6.54 Å². The van der Waals surface area contributed by atoms with Crippen molar-refractivity contribution in [3.05, 3.63) is 65.2 Å². The molecule has 0 heterocycles. The van der Waals surface area contributed by atoms with E-state index in [0.29, 0.717) is 11.8 Å². The molecule has 0 aliphatic carbocycles. The standard InChI is InChI=1S/C22H32N2/c1-6-15-23-22(18-11-8-7-9-12-18)24-21-19(16(2)3)13-10-14-20(21)17(4)5/h7-14,16-17,22-24H,6,15H2,1-5H3. The summed E-state index contributed by atoms with van der Waals surface area (Å²) in [5.41, 5.74) is 5.35. The average molecular weight is 325 g/mol. The molecule has 0 saturated carbocycles. The lowest BCUT2D eigenvalue weighted by atomic mass is 9.92. The first kappa shape index (κ1) is 18.5. The lowest BCUT2D eigenvalue weighted by Gasteiger charge is -2.27. The van der Waals surface area contributed by atoms with Crippen LogP contribution in [0.25, 0.3) is 0 Å². The normalized spacial score (nSPS) is 12.6. The summed E-state index contributed by atoms with van der Waals surface area (Å²) < 4.78 is 0. The van der Waals surface area contributed by atoms with Crippen molar-refractivity contribution in [2.75, 3.05) is 11.9 Å². The fraction of sp³-hybridized carbons (Fsp3) is 0.455. The van der Waals surface area contributed by atoms with E-state index >= 15 is 0 Å². The van der Waals surface area contributed by atoms with Gasteiger partial charge < -0.3 is 5.32 Å². The smallest absolute Gasteiger partial charge is 0.103 e. The zero-order valence-electron chi connectivity index (χ0n) is 15.8. The van der Waals surface area contributed by atoms with Crippen LogP contribution in [0.4, 0.5) is 5.69 Å². The van der Waals surface area contributed by atoms with Gasteiger partial charge in [0.2, 0.25) is 0 Å². The monoisotopic (exact) mass is 324 g/mol. The summed E-state index contributed by atoms with van der Waals surface area (Å²) in [6, 6.07) is 17.3. The van der Waals surface area contributed by atoms with E-state index in [2.05, 4.69) is 93.8 Å². The maximum Gasteiger partial charge on any atom is 0.103 e. The molecule has 2 rings (SSSR count). The minimum atomic E-state index is 0.128. The van der Waals surface area contributed by atoms with Crippen LogP contribution < -0.4 is 10.6 Å². The van der Waals surface area contributed by atoms with E-state index in [1.54, 1.807) is 0 Å². The van der Waals surface area contributed by atoms with E-state index in [0.717, 1.165) is 13.0 Å². The Morgan fingerprint density at radius 3 is 1.88 bits per heavy atom. The summed E-state index contributed by atoms with van der Waals surface area (Å²) >= 11 is 0. The second-order valence-electron chi connectivity index (χ2n) is 7.06. The molecule has 0 saturated heterocycles. The van der Waals surface area contributed by atoms with E-state index < -0.39 is 0 Å². The third-order valence-electron chi connectivity index (χ3n) is 4.39. The van der Waals surface area contributed by atoms with Crippen molar-refractivity contribution in [3.8, 4) is 0 Å². The predicted molar refractivity (Wildman–Crippen MR) is 106 cm³/mol. The molecule has 24 heavy (non-hydrogen) atoms. The van der Waals surface area contributed by atoms with E-state index in [9.17, 15) is 0 Å². The molecule has 2 heteroatoms. The third kappa shape index (κ3) is 4.61. The van der Waals surface area contributed by atoms with Crippen molar-refractivity contribution in [3.63, 3.8) is 0 Å². The molecule has 2 nitrogen and oxygen atoms in total. The summed E-state index contributed by atoms with van der Waals surface area (Å²) in [7, 11) is 0. The molecular weight excluding hydrogens is 292 g/mol. The van der Waals surface area contributed by atoms with Crippen molar-refractivity contribution < 1.29 is 0 Å².